The number of methoxy groups -OCH3 is 1. The number of pyridine rings is 2. The largest absolute Gasteiger partial charge is 0.496 e. The van der Waals surface area contributed by atoms with E-state index < -0.39 is 15.9 Å². The van der Waals surface area contributed by atoms with Crippen molar-refractivity contribution in [3.05, 3.63) is 83.7 Å². The van der Waals surface area contributed by atoms with Crippen LogP contribution in [0.4, 0.5) is 10.8 Å². The molecule has 0 saturated carbocycles. The van der Waals surface area contributed by atoms with Crippen LogP contribution in [-0.2, 0) is 10.0 Å². The van der Waals surface area contributed by atoms with Crippen molar-refractivity contribution in [3.8, 4) is 34.2 Å². The summed E-state index contributed by atoms with van der Waals surface area (Å²) in [5.41, 5.74) is 5.00. The maximum atomic E-state index is 13.5. The highest BCUT2D eigenvalue weighted by molar-refractivity contribution is 7.92. The van der Waals surface area contributed by atoms with Gasteiger partial charge < -0.3 is 9.84 Å². The van der Waals surface area contributed by atoms with E-state index in [-0.39, 0.29) is 18.7 Å². The SMILES string of the molecule is COc1ccc(C#N)cc1-c1cc(C)ncc1C(=O)Nc1nc2ccc(-c3ccc(N(CCO)S(C)(=O)=O)cc3)nc2s1. The number of aryl methyl sites for hydroxylation is 1. The smallest absolute Gasteiger partial charge is 0.259 e. The second-order valence-electron chi connectivity index (χ2n) is 9.50. The number of carbonyl (C=O) groups excluding carboxylic acids is 1. The molecule has 43 heavy (non-hydrogen) atoms. The van der Waals surface area contributed by atoms with Crippen molar-refractivity contribution >= 4 is 48.4 Å². The highest BCUT2D eigenvalue weighted by atomic mass is 32.2. The molecule has 1 amide bonds. The van der Waals surface area contributed by atoms with Gasteiger partial charge in [0.15, 0.2) is 5.13 Å². The number of fused-ring (bicyclic) bond motifs is 1. The molecule has 3 aromatic heterocycles. The number of carbonyl (C=O) groups is 1. The molecule has 0 fully saturated rings. The summed E-state index contributed by atoms with van der Waals surface area (Å²) in [6.45, 7) is 1.46. The van der Waals surface area contributed by atoms with Crippen LogP contribution in [0.3, 0.4) is 0 Å². The normalized spacial score (nSPS) is 11.2. The van der Waals surface area contributed by atoms with Gasteiger partial charge in [0, 0.05) is 28.6 Å². The molecule has 0 bridgehead atoms. The molecule has 13 heteroatoms. The van der Waals surface area contributed by atoms with Crippen LogP contribution in [0.2, 0.25) is 0 Å². The highest BCUT2D eigenvalue weighted by Gasteiger charge is 2.20. The van der Waals surface area contributed by atoms with E-state index in [0.29, 0.717) is 55.0 Å². The number of aliphatic hydroxyl groups excluding tert-OH is 1. The zero-order valence-electron chi connectivity index (χ0n) is 23.4. The minimum atomic E-state index is -3.55. The monoisotopic (exact) mass is 614 g/mol. The van der Waals surface area contributed by atoms with Crippen LogP contribution in [-0.4, -0.2) is 60.9 Å². The summed E-state index contributed by atoms with van der Waals surface area (Å²) in [6, 6.07) is 19.3. The first kappa shape index (κ1) is 29.6. The van der Waals surface area contributed by atoms with Gasteiger partial charge >= 0.3 is 0 Å². The average Bonchev–Trinajstić information content (AvgIpc) is 3.40. The summed E-state index contributed by atoms with van der Waals surface area (Å²) in [5, 5.41) is 21.9. The Labute approximate surface area is 252 Å². The lowest BCUT2D eigenvalue weighted by Gasteiger charge is -2.21. The van der Waals surface area contributed by atoms with Crippen molar-refractivity contribution in [2.24, 2.45) is 0 Å². The number of nitriles is 1. The zero-order chi connectivity index (χ0) is 30.7. The third-order valence-electron chi connectivity index (χ3n) is 6.53. The topological polar surface area (TPSA) is 158 Å². The summed E-state index contributed by atoms with van der Waals surface area (Å²) in [5.74, 6) is 0.0842. The molecule has 11 nitrogen and oxygen atoms in total. The van der Waals surface area contributed by atoms with Crippen molar-refractivity contribution in [2.45, 2.75) is 6.92 Å². The fraction of sp³-hybridized carbons (Fsp3) is 0.167. The maximum Gasteiger partial charge on any atom is 0.259 e. The number of aromatic nitrogens is 3. The molecule has 5 aromatic rings. The summed E-state index contributed by atoms with van der Waals surface area (Å²) in [6.07, 6.45) is 2.57. The molecule has 0 radical (unpaired) electrons. The Bertz CT molecular complexity index is 1990. The van der Waals surface area contributed by atoms with Gasteiger partial charge in [-0.3, -0.25) is 19.4 Å². The number of amides is 1. The number of hydrogen-bond acceptors (Lipinski definition) is 10. The Balaban J connectivity index is 1.42. The molecular formula is C30H26N6O5S2. The minimum Gasteiger partial charge on any atom is -0.496 e. The fourth-order valence-electron chi connectivity index (χ4n) is 4.52. The number of anilines is 2. The van der Waals surface area contributed by atoms with Crippen LogP contribution in [0.15, 0.2) is 66.9 Å². The summed E-state index contributed by atoms with van der Waals surface area (Å²) >= 11 is 1.21. The lowest BCUT2D eigenvalue weighted by Crippen LogP contribution is -2.32. The predicted octanol–water partition coefficient (Wildman–Crippen LogP) is 4.62. The van der Waals surface area contributed by atoms with Crippen LogP contribution in [0.25, 0.3) is 32.7 Å². The fourth-order valence-corrected chi connectivity index (χ4v) is 6.27. The Morgan fingerprint density at radius 1 is 1.09 bits per heavy atom. The number of nitrogens with one attached hydrogen (secondary N) is 1. The van der Waals surface area contributed by atoms with Gasteiger partial charge in [0.2, 0.25) is 10.0 Å². The molecule has 0 aliphatic heterocycles. The first-order chi connectivity index (χ1) is 20.6. The molecule has 0 saturated heterocycles. The zero-order valence-corrected chi connectivity index (χ0v) is 25.0. The maximum absolute atomic E-state index is 13.5. The van der Waals surface area contributed by atoms with Crippen LogP contribution < -0.4 is 14.4 Å². The molecule has 0 spiro atoms. The number of benzene rings is 2. The van der Waals surface area contributed by atoms with Gasteiger partial charge in [-0.2, -0.15) is 5.26 Å². The number of hydrogen-bond donors (Lipinski definition) is 2. The van der Waals surface area contributed by atoms with Crippen LogP contribution in [0.1, 0.15) is 21.6 Å². The summed E-state index contributed by atoms with van der Waals surface area (Å²) < 4.78 is 30.8. The lowest BCUT2D eigenvalue weighted by molar-refractivity contribution is 0.102. The van der Waals surface area contributed by atoms with E-state index in [1.54, 1.807) is 60.7 Å². The number of nitrogens with zero attached hydrogens (tertiary/aromatic N) is 5. The van der Waals surface area contributed by atoms with E-state index in [2.05, 4.69) is 21.4 Å². The molecule has 0 atom stereocenters. The second-order valence-corrected chi connectivity index (χ2v) is 12.4. The standard InChI is InChI=1S/C30H26N6O5S2/c1-18-14-22(23-15-19(16-31)4-11-27(23)41-2)24(17-32-18)28(38)35-30-34-26-10-9-25(33-29(26)42-30)20-5-7-21(8-6-20)36(12-13-37)43(3,39)40/h4-11,14-15,17,37H,12-13H2,1-3H3,(H,34,35,38). The van der Waals surface area contributed by atoms with Crippen molar-refractivity contribution in [1.29, 1.82) is 5.26 Å². The second kappa shape index (κ2) is 12.1. The van der Waals surface area contributed by atoms with Crippen molar-refractivity contribution in [1.82, 2.24) is 15.0 Å². The molecule has 0 aliphatic carbocycles. The minimum absolute atomic E-state index is 0.0440. The molecule has 0 unspecified atom stereocenters. The Morgan fingerprint density at radius 3 is 2.53 bits per heavy atom. The molecule has 3 heterocycles. The van der Waals surface area contributed by atoms with Crippen molar-refractivity contribution in [3.63, 3.8) is 0 Å². The molecule has 218 valence electrons. The quantitative estimate of drug-likeness (QED) is 0.242. The summed E-state index contributed by atoms with van der Waals surface area (Å²) in [4.78, 5) is 27.6. The van der Waals surface area contributed by atoms with E-state index >= 15 is 0 Å². The van der Waals surface area contributed by atoms with E-state index in [1.807, 2.05) is 6.92 Å². The Morgan fingerprint density at radius 2 is 1.86 bits per heavy atom. The van der Waals surface area contributed by atoms with E-state index in [4.69, 9.17) is 9.72 Å². The third kappa shape index (κ3) is 6.31. The lowest BCUT2D eigenvalue weighted by atomic mass is 9.97. The number of thiazole rings is 1. The van der Waals surface area contributed by atoms with Gasteiger partial charge in [-0.1, -0.05) is 23.5 Å². The van der Waals surface area contributed by atoms with Gasteiger partial charge in [-0.25, -0.2) is 18.4 Å². The van der Waals surface area contributed by atoms with E-state index in [1.165, 1.54) is 24.6 Å². The van der Waals surface area contributed by atoms with Gasteiger partial charge in [-0.05, 0) is 55.5 Å². The predicted molar refractivity (Wildman–Crippen MR) is 166 cm³/mol. The molecule has 2 N–H and O–H groups in total. The van der Waals surface area contributed by atoms with Crippen molar-refractivity contribution in [2.75, 3.05) is 36.1 Å². The third-order valence-corrected chi connectivity index (χ3v) is 8.61. The van der Waals surface area contributed by atoms with Crippen LogP contribution in [0.5, 0.6) is 5.75 Å². The summed E-state index contributed by atoms with van der Waals surface area (Å²) in [7, 11) is -2.02. The molecule has 5 rings (SSSR count). The molecular weight excluding hydrogens is 589 g/mol. The van der Waals surface area contributed by atoms with Crippen LogP contribution >= 0.6 is 11.3 Å². The van der Waals surface area contributed by atoms with Gasteiger partial charge in [0.25, 0.3) is 5.91 Å². The van der Waals surface area contributed by atoms with E-state index in [0.717, 1.165) is 16.1 Å². The number of aliphatic hydroxyl groups is 1. The number of sulfonamides is 1. The van der Waals surface area contributed by atoms with Gasteiger partial charge in [0.05, 0.1) is 55.1 Å². The first-order valence-electron chi connectivity index (χ1n) is 12.9. The van der Waals surface area contributed by atoms with E-state index in [9.17, 15) is 23.6 Å². The molecule has 2 aromatic carbocycles. The van der Waals surface area contributed by atoms with Crippen LogP contribution in [0, 0.1) is 18.3 Å². The molecule has 0 aliphatic rings. The Kier molecular flexibility index (Phi) is 8.36. The Hall–Kier alpha value is -4.90. The average molecular weight is 615 g/mol. The number of rotatable bonds is 9. The van der Waals surface area contributed by atoms with Gasteiger partial charge in [-0.15, -0.1) is 0 Å². The number of ether oxygens (including phenoxy) is 1. The van der Waals surface area contributed by atoms with Crippen molar-refractivity contribution < 1.29 is 23.1 Å². The highest BCUT2D eigenvalue weighted by Crippen LogP contribution is 2.35. The first-order valence-corrected chi connectivity index (χ1v) is 15.6. The van der Waals surface area contributed by atoms with Gasteiger partial charge in [0.1, 0.15) is 16.1 Å².